The van der Waals surface area contributed by atoms with Crippen LogP contribution in [-0.4, -0.2) is 28.8 Å². The first-order valence-electron chi connectivity index (χ1n) is 9.76. The summed E-state index contributed by atoms with van der Waals surface area (Å²) < 4.78 is 10.8. The van der Waals surface area contributed by atoms with E-state index in [1.807, 2.05) is 38.1 Å². The first kappa shape index (κ1) is 19.7. The lowest BCUT2D eigenvalue weighted by molar-refractivity contribution is 0.0690. The highest BCUT2D eigenvalue weighted by atomic mass is 16.5. The van der Waals surface area contributed by atoms with Crippen molar-refractivity contribution < 1.29 is 23.8 Å². The standard InChI is InChI=1S/C23H22N2O5/c1-13(2)20(21-24-19(12-29-21)22(26)27)25-23(28)30-11-18-16-9-5-3-7-14(16)15-8-4-6-10-17(15)18/h3-10,12-13,18,20H,11H2,1-2H3,(H,25,28)(H,26,27). The quantitative estimate of drug-likeness (QED) is 0.620. The van der Waals surface area contributed by atoms with Crippen molar-refractivity contribution in [3.63, 3.8) is 0 Å². The van der Waals surface area contributed by atoms with Gasteiger partial charge in [0, 0.05) is 5.92 Å². The lowest BCUT2D eigenvalue weighted by atomic mass is 9.98. The lowest BCUT2D eigenvalue weighted by Gasteiger charge is -2.20. The van der Waals surface area contributed by atoms with Gasteiger partial charge in [-0.25, -0.2) is 14.6 Å². The number of carbonyl (C=O) groups is 2. The van der Waals surface area contributed by atoms with Crippen LogP contribution in [0.1, 0.15) is 53.3 Å². The van der Waals surface area contributed by atoms with E-state index in [0.29, 0.717) is 0 Å². The summed E-state index contributed by atoms with van der Waals surface area (Å²) in [6.45, 7) is 3.94. The van der Waals surface area contributed by atoms with Crippen LogP contribution in [0.25, 0.3) is 11.1 Å². The number of carboxylic acids is 1. The number of benzene rings is 2. The summed E-state index contributed by atoms with van der Waals surface area (Å²) in [6, 6.07) is 15.6. The third kappa shape index (κ3) is 3.66. The zero-order chi connectivity index (χ0) is 21.3. The van der Waals surface area contributed by atoms with E-state index in [2.05, 4.69) is 34.6 Å². The Balaban J connectivity index is 1.47. The highest BCUT2D eigenvalue weighted by molar-refractivity contribution is 5.84. The number of alkyl carbamates (subject to hydrolysis) is 1. The fourth-order valence-corrected chi connectivity index (χ4v) is 3.81. The number of nitrogens with zero attached hydrogens (tertiary/aromatic N) is 1. The molecular weight excluding hydrogens is 384 g/mol. The van der Waals surface area contributed by atoms with Crippen molar-refractivity contribution in [3.8, 4) is 11.1 Å². The van der Waals surface area contributed by atoms with Gasteiger partial charge in [0.2, 0.25) is 5.89 Å². The molecule has 1 aliphatic carbocycles. The summed E-state index contributed by atoms with van der Waals surface area (Å²) in [5.74, 6) is -1.17. The van der Waals surface area contributed by atoms with Crippen molar-refractivity contribution in [2.45, 2.75) is 25.8 Å². The second-order valence-corrected chi connectivity index (χ2v) is 7.57. The molecule has 0 spiro atoms. The van der Waals surface area contributed by atoms with Crippen molar-refractivity contribution in [2.24, 2.45) is 5.92 Å². The summed E-state index contributed by atoms with van der Waals surface area (Å²) in [7, 11) is 0. The predicted molar refractivity (Wildman–Crippen MR) is 109 cm³/mol. The second-order valence-electron chi connectivity index (χ2n) is 7.57. The molecule has 3 aromatic rings. The van der Waals surface area contributed by atoms with Crippen molar-refractivity contribution in [1.82, 2.24) is 10.3 Å². The molecule has 1 aliphatic rings. The number of nitrogens with one attached hydrogen (secondary N) is 1. The van der Waals surface area contributed by atoms with Gasteiger partial charge in [0.05, 0.1) is 0 Å². The van der Waals surface area contributed by atoms with Gasteiger partial charge in [-0.1, -0.05) is 62.4 Å². The Kier molecular flexibility index (Phi) is 5.27. The minimum atomic E-state index is -1.19. The van der Waals surface area contributed by atoms with Gasteiger partial charge in [-0.3, -0.25) is 0 Å². The Morgan fingerprint density at radius 1 is 1.10 bits per heavy atom. The molecular formula is C23H22N2O5. The van der Waals surface area contributed by atoms with Crippen LogP contribution in [-0.2, 0) is 4.74 Å². The van der Waals surface area contributed by atoms with Crippen molar-refractivity contribution in [2.75, 3.05) is 6.61 Å². The molecule has 2 aromatic carbocycles. The largest absolute Gasteiger partial charge is 0.476 e. The molecule has 0 fully saturated rings. The molecule has 0 bridgehead atoms. The number of aromatic nitrogens is 1. The maximum absolute atomic E-state index is 12.5. The molecule has 0 saturated heterocycles. The van der Waals surface area contributed by atoms with Crippen LogP contribution in [0.15, 0.2) is 59.2 Å². The number of ether oxygens (including phenoxy) is 1. The molecule has 30 heavy (non-hydrogen) atoms. The van der Waals surface area contributed by atoms with E-state index in [4.69, 9.17) is 14.3 Å². The zero-order valence-electron chi connectivity index (χ0n) is 16.7. The molecule has 154 valence electrons. The van der Waals surface area contributed by atoms with Crippen LogP contribution in [0.5, 0.6) is 0 Å². The highest BCUT2D eigenvalue weighted by Crippen LogP contribution is 2.44. The van der Waals surface area contributed by atoms with Gasteiger partial charge in [0.1, 0.15) is 18.9 Å². The van der Waals surface area contributed by atoms with Crippen molar-refractivity contribution in [3.05, 3.63) is 77.5 Å². The Morgan fingerprint density at radius 3 is 2.23 bits per heavy atom. The number of hydrogen-bond donors (Lipinski definition) is 2. The monoisotopic (exact) mass is 406 g/mol. The smallest absolute Gasteiger partial charge is 0.407 e. The average molecular weight is 406 g/mol. The van der Waals surface area contributed by atoms with Crippen LogP contribution < -0.4 is 5.32 Å². The molecule has 1 atom stereocenters. The van der Waals surface area contributed by atoms with Crippen LogP contribution in [0.3, 0.4) is 0 Å². The van der Waals surface area contributed by atoms with Gasteiger partial charge in [0.25, 0.3) is 0 Å². The first-order chi connectivity index (χ1) is 14.5. The van der Waals surface area contributed by atoms with Gasteiger partial charge in [-0.15, -0.1) is 0 Å². The molecule has 1 heterocycles. The second kappa shape index (κ2) is 8.02. The maximum Gasteiger partial charge on any atom is 0.407 e. The molecule has 0 aliphatic heterocycles. The molecule has 1 aromatic heterocycles. The van der Waals surface area contributed by atoms with Gasteiger partial charge in [-0.05, 0) is 28.2 Å². The van der Waals surface area contributed by atoms with Crippen LogP contribution in [0.2, 0.25) is 0 Å². The van der Waals surface area contributed by atoms with E-state index in [-0.39, 0.29) is 30.0 Å². The number of hydrogen-bond acceptors (Lipinski definition) is 5. The van der Waals surface area contributed by atoms with E-state index >= 15 is 0 Å². The third-order valence-corrected chi connectivity index (χ3v) is 5.29. The average Bonchev–Trinajstić information content (AvgIpc) is 3.34. The summed E-state index contributed by atoms with van der Waals surface area (Å²) in [4.78, 5) is 27.5. The molecule has 4 rings (SSSR count). The maximum atomic E-state index is 12.5. The number of carboxylic acid groups (broad SMARTS) is 1. The van der Waals surface area contributed by atoms with Gasteiger partial charge < -0.3 is 19.6 Å². The number of fused-ring (bicyclic) bond motifs is 3. The minimum Gasteiger partial charge on any atom is -0.476 e. The zero-order valence-corrected chi connectivity index (χ0v) is 16.7. The Morgan fingerprint density at radius 2 is 1.70 bits per heavy atom. The van der Waals surface area contributed by atoms with Gasteiger partial charge in [-0.2, -0.15) is 0 Å². The summed E-state index contributed by atoms with van der Waals surface area (Å²) in [5, 5.41) is 11.8. The lowest BCUT2D eigenvalue weighted by Crippen LogP contribution is -2.33. The molecule has 1 amide bonds. The van der Waals surface area contributed by atoms with Crippen LogP contribution in [0.4, 0.5) is 4.79 Å². The molecule has 7 heteroatoms. The summed E-state index contributed by atoms with van der Waals surface area (Å²) >= 11 is 0. The van der Waals surface area contributed by atoms with Gasteiger partial charge in [0.15, 0.2) is 5.69 Å². The predicted octanol–water partition coefficient (Wildman–Crippen LogP) is 4.61. The Hall–Kier alpha value is -3.61. The number of oxazole rings is 1. The SMILES string of the molecule is CC(C)C(NC(=O)OCC1c2ccccc2-c2ccccc21)c1nc(C(=O)O)co1. The highest BCUT2D eigenvalue weighted by Gasteiger charge is 2.30. The fourth-order valence-electron chi connectivity index (χ4n) is 3.81. The topological polar surface area (TPSA) is 102 Å². The van der Waals surface area contributed by atoms with E-state index in [1.165, 1.54) is 0 Å². The van der Waals surface area contributed by atoms with E-state index < -0.39 is 18.1 Å². The third-order valence-electron chi connectivity index (χ3n) is 5.29. The summed E-state index contributed by atoms with van der Waals surface area (Å²) in [6.07, 6.45) is 0.456. The molecule has 1 unspecified atom stereocenters. The summed E-state index contributed by atoms with van der Waals surface area (Å²) in [5.41, 5.74) is 4.37. The Bertz CT molecular complexity index is 1040. The van der Waals surface area contributed by atoms with E-state index in [1.54, 1.807) is 0 Å². The number of aromatic carboxylic acids is 1. The number of carbonyl (C=O) groups excluding carboxylic acids is 1. The molecule has 0 saturated carbocycles. The normalized spacial score (nSPS) is 13.6. The molecule has 0 radical (unpaired) electrons. The van der Waals surface area contributed by atoms with Crippen molar-refractivity contribution >= 4 is 12.1 Å². The fraction of sp³-hybridized carbons (Fsp3) is 0.261. The van der Waals surface area contributed by atoms with E-state index in [9.17, 15) is 9.59 Å². The number of amides is 1. The molecule has 7 nitrogen and oxygen atoms in total. The first-order valence-corrected chi connectivity index (χ1v) is 9.76. The van der Waals surface area contributed by atoms with Crippen molar-refractivity contribution in [1.29, 1.82) is 0 Å². The molecule has 2 N–H and O–H groups in total. The number of rotatable bonds is 6. The van der Waals surface area contributed by atoms with E-state index in [0.717, 1.165) is 28.5 Å². The van der Waals surface area contributed by atoms with Gasteiger partial charge >= 0.3 is 12.1 Å². The van der Waals surface area contributed by atoms with Crippen LogP contribution >= 0.6 is 0 Å². The van der Waals surface area contributed by atoms with Crippen LogP contribution in [0, 0.1) is 5.92 Å². The minimum absolute atomic E-state index is 0.0407. The Labute approximate surface area is 173 Å².